The number of benzene rings is 2. The van der Waals surface area contributed by atoms with Crippen LogP contribution in [0.2, 0.25) is 5.02 Å². The molecule has 0 aliphatic carbocycles. The Morgan fingerprint density at radius 1 is 1.19 bits per heavy atom. The van der Waals surface area contributed by atoms with Crippen molar-refractivity contribution >= 4 is 33.2 Å². The Hall–Kier alpha value is -1.85. The van der Waals surface area contributed by atoms with Crippen LogP contribution in [-0.2, 0) is 6.54 Å². The summed E-state index contributed by atoms with van der Waals surface area (Å²) in [6, 6.07) is 13.7. The Morgan fingerprint density at radius 3 is 2.81 bits per heavy atom. The number of nitrogens with zero attached hydrogens (tertiary/aromatic N) is 3. The van der Waals surface area contributed by atoms with E-state index in [1.807, 2.05) is 48.7 Å². The molecule has 0 aliphatic heterocycles. The molecule has 4 nitrogen and oxygen atoms in total. The molecule has 0 unspecified atom stereocenters. The van der Waals surface area contributed by atoms with Crippen LogP contribution in [0.1, 0.15) is 5.56 Å². The molecule has 0 atom stereocenters. The summed E-state index contributed by atoms with van der Waals surface area (Å²) in [6.07, 6.45) is 3.48. The number of para-hydroxylation sites is 2. The maximum Gasteiger partial charge on any atom is 0.0894 e. The molecule has 0 aliphatic rings. The summed E-state index contributed by atoms with van der Waals surface area (Å²) in [6.45, 7) is 0.684. The molecule has 1 aromatic heterocycles. The van der Waals surface area contributed by atoms with Gasteiger partial charge in [0.15, 0.2) is 0 Å². The van der Waals surface area contributed by atoms with Gasteiger partial charge >= 0.3 is 0 Å². The number of rotatable bonds is 4. The van der Waals surface area contributed by atoms with Crippen LogP contribution in [0, 0.1) is 0 Å². The predicted molar refractivity (Wildman–Crippen MR) is 87.8 cm³/mol. The van der Waals surface area contributed by atoms with Crippen LogP contribution in [0.25, 0.3) is 5.69 Å². The molecule has 2 aromatic carbocycles. The van der Waals surface area contributed by atoms with Crippen LogP contribution >= 0.6 is 27.5 Å². The van der Waals surface area contributed by atoms with E-state index in [1.54, 1.807) is 10.9 Å². The van der Waals surface area contributed by atoms with Gasteiger partial charge in [0.25, 0.3) is 0 Å². The molecule has 0 amide bonds. The first-order chi connectivity index (χ1) is 10.2. The van der Waals surface area contributed by atoms with E-state index in [4.69, 9.17) is 11.6 Å². The first kappa shape index (κ1) is 14.1. The fourth-order valence-corrected chi connectivity index (χ4v) is 2.84. The summed E-state index contributed by atoms with van der Waals surface area (Å²) in [5.74, 6) is 0. The Labute approximate surface area is 135 Å². The van der Waals surface area contributed by atoms with Crippen molar-refractivity contribution in [2.45, 2.75) is 6.54 Å². The molecule has 0 radical (unpaired) electrons. The normalized spacial score (nSPS) is 10.6. The molecule has 6 heteroatoms. The molecule has 0 fully saturated rings. The summed E-state index contributed by atoms with van der Waals surface area (Å²) in [5.41, 5.74) is 3.08. The van der Waals surface area contributed by atoms with Gasteiger partial charge in [-0.05, 0) is 29.8 Å². The van der Waals surface area contributed by atoms with E-state index >= 15 is 0 Å². The topological polar surface area (TPSA) is 42.7 Å². The van der Waals surface area contributed by atoms with Crippen molar-refractivity contribution in [3.63, 3.8) is 0 Å². The van der Waals surface area contributed by atoms with Crippen LogP contribution in [-0.4, -0.2) is 15.0 Å². The molecule has 1 heterocycles. The Balaban J connectivity index is 1.83. The lowest BCUT2D eigenvalue weighted by atomic mass is 10.2. The van der Waals surface area contributed by atoms with Crippen molar-refractivity contribution in [1.82, 2.24) is 15.0 Å². The Morgan fingerprint density at radius 2 is 2.05 bits per heavy atom. The third-order valence-electron chi connectivity index (χ3n) is 3.06. The van der Waals surface area contributed by atoms with Crippen molar-refractivity contribution in [2.75, 3.05) is 5.32 Å². The fraction of sp³-hybridized carbons (Fsp3) is 0.0667. The van der Waals surface area contributed by atoms with Gasteiger partial charge in [0.05, 0.1) is 23.8 Å². The van der Waals surface area contributed by atoms with Gasteiger partial charge in [-0.2, -0.15) is 0 Å². The molecule has 0 saturated heterocycles. The quantitative estimate of drug-likeness (QED) is 0.751. The highest BCUT2D eigenvalue weighted by Crippen LogP contribution is 2.24. The monoisotopic (exact) mass is 362 g/mol. The van der Waals surface area contributed by atoms with Crippen molar-refractivity contribution in [3.8, 4) is 5.69 Å². The van der Waals surface area contributed by atoms with Crippen molar-refractivity contribution in [3.05, 3.63) is 69.9 Å². The molecule has 1 N–H and O–H groups in total. The minimum atomic E-state index is 0.684. The number of aromatic nitrogens is 3. The van der Waals surface area contributed by atoms with Crippen LogP contribution in [0.5, 0.6) is 0 Å². The Bertz CT molecular complexity index is 743. The summed E-state index contributed by atoms with van der Waals surface area (Å²) in [5, 5.41) is 12.0. The van der Waals surface area contributed by atoms with Gasteiger partial charge in [-0.15, -0.1) is 5.10 Å². The van der Waals surface area contributed by atoms with E-state index < -0.39 is 0 Å². The molecule has 3 aromatic rings. The van der Waals surface area contributed by atoms with Gasteiger partial charge in [0, 0.05) is 16.0 Å². The Kier molecular flexibility index (Phi) is 4.22. The van der Waals surface area contributed by atoms with Gasteiger partial charge in [0.1, 0.15) is 0 Å². The van der Waals surface area contributed by atoms with E-state index in [0.717, 1.165) is 21.4 Å². The molecule has 0 spiro atoms. The largest absolute Gasteiger partial charge is 0.379 e. The first-order valence-electron chi connectivity index (χ1n) is 6.37. The number of halogens is 2. The lowest BCUT2D eigenvalue weighted by Gasteiger charge is -2.12. The molecule has 0 saturated carbocycles. The van der Waals surface area contributed by atoms with E-state index in [-0.39, 0.29) is 0 Å². The first-order valence-corrected chi connectivity index (χ1v) is 7.54. The van der Waals surface area contributed by atoms with Crippen molar-refractivity contribution in [1.29, 1.82) is 0 Å². The number of hydrogen-bond acceptors (Lipinski definition) is 3. The van der Waals surface area contributed by atoms with Crippen LogP contribution in [0.4, 0.5) is 5.69 Å². The van der Waals surface area contributed by atoms with Gasteiger partial charge < -0.3 is 5.32 Å². The second-order valence-electron chi connectivity index (χ2n) is 4.45. The maximum absolute atomic E-state index is 5.96. The summed E-state index contributed by atoms with van der Waals surface area (Å²) in [7, 11) is 0. The van der Waals surface area contributed by atoms with E-state index in [9.17, 15) is 0 Å². The fourth-order valence-electron chi connectivity index (χ4n) is 2.02. The van der Waals surface area contributed by atoms with Gasteiger partial charge in [-0.1, -0.05) is 50.9 Å². The second-order valence-corrected chi connectivity index (χ2v) is 5.74. The third-order valence-corrected chi connectivity index (χ3v) is 4.03. The zero-order valence-corrected chi connectivity index (χ0v) is 13.3. The van der Waals surface area contributed by atoms with Crippen LogP contribution < -0.4 is 5.32 Å². The maximum atomic E-state index is 5.96. The summed E-state index contributed by atoms with van der Waals surface area (Å²) >= 11 is 9.48. The molecular formula is C15H12BrClN4. The molecule has 21 heavy (non-hydrogen) atoms. The van der Waals surface area contributed by atoms with Gasteiger partial charge in [0.2, 0.25) is 0 Å². The highest BCUT2D eigenvalue weighted by atomic mass is 79.9. The van der Waals surface area contributed by atoms with Crippen molar-refractivity contribution in [2.24, 2.45) is 0 Å². The summed E-state index contributed by atoms with van der Waals surface area (Å²) in [4.78, 5) is 0. The second kappa shape index (κ2) is 6.28. The van der Waals surface area contributed by atoms with Crippen LogP contribution in [0.15, 0.2) is 59.3 Å². The third kappa shape index (κ3) is 3.25. The smallest absolute Gasteiger partial charge is 0.0894 e. The van der Waals surface area contributed by atoms with E-state index in [1.165, 1.54) is 0 Å². The van der Waals surface area contributed by atoms with E-state index in [2.05, 4.69) is 31.6 Å². The average Bonchev–Trinajstić information content (AvgIpc) is 3.01. The molecule has 3 rings (SSSR count). The van der Waals surface area contributed by atoms with Crippen molar-refractivity contribution < 1.29 is 0 Å². The van der Waals surface area contributed by atoms with Gasteiger partial charge in [-0.3, -0.25) is 0 Å². The average molecular weight is 364 g/mol. The minimum Gasteiger partial charge on any atom is -0.379 e. The lowest BCUT2D eigenvalue weighted by molar-refractivity contribution is 0.803. The number of anilines is 1. The minimum absolute atomic E-state index is 0.684. The highest BCUT2D eigenvalue weighted by Gasteiger charge is 2.06. The van der Waals surface area contributed by atoms with E-state index in [0.29, 0.717) is 11.6 Å². The lowest BCUT2D eigenvalue weighted by Crippen LogP contribution is -2.05. The van der Waals surface area contributed by atoms with Gasteiger partial charge in [-0.25, -0.2) is 4.68 Å². The number of hydrogen-bond donors (Lipinski definition) is 1. The number of nitrogens with one attached hydrogen (secondary N) is 1. The van der Waals surface area contributed by atoms with Crippen LogP contribution in [0.3, 0.4) is 0 Å². The molecular weight excluding hydrogens is 352 g/mol. The summed E-state index contributed by atoms with van der Waals surface area (Å²) < 4.78 is 2.72. The zero-order chi connectivity index (χ0) is 14.7. The standard InChI is InChI=1S/C15H12BrClN4/c16-13-9-12(17)6-5-11(13)10-18-14-3-1-2-4-15(14)21-8-7-19-20-21/h1-9,18H,10H2. The molecule has 0 bridgehead atoms. The predicted octanol–water partition coefficient (Wildman–Crippen LogP) is 4.30. The highest BCUT2D eigenvalue weighted by molar-refractivity contribution is 9.10. The molecule has 106 valence electrons. The SMILES string of the molecule is Clc1ccc(CNc2ccccc2-n2ccnn2)c(Br)c1. The zero-order valence-electron chi connectivity index (χ0n) is 11.0.